The highest BCUT2D eigenvalue weighted by atomic mass is 16.5. The molecule has 1 unspecified atom stereocenters. The molecule has 0 aliphatic carbocycles. The molecule has 1 atom stereocenters. The third-order valence-electron chi connectivity index (χ3n) is 3.45. The second-order valence-corrected chi connectivity index (χ2v) is 5.40. The fraction of sp³-hybridized carbons (Fsp3) is 0.733. The lowest BCUT2D eigenvalue weighted by Gasteiger charge is -2.18. The number of aromatic nitrogens is 3. The quantitative estimate of drug-likeness (QED) is 0.642. The Hall–Kier alpha value is -2.12. The van der Waals surface area contributed by atoms with E-state index in [2.05, 4.69) is 0 Å². The van der Waals surface area contributed by atoms with Gasteiger partial charge in [0, 0.05) is 20.0 Å². The maximum atomic E-state index is 12.5. The SMILES string of the molecule is CCCn1c(=O)n(CCC)c(=O)n(CC(CC)OC(C)=O)c1=O. The van der Waals surface area contributed by atoms with Crippen LogP contribution >= 0.6 is 0 Å². The first-order chi connectivity index (χ1) is 10.9. The number of esters is 1. The summed E-state index contributed by atoms with van der Waals surface area (Å²) in [5, 5.41) is 0. The molecule has 0 amide bonds. The zero-order valence-corrected chi connectivity index (χ0v) is 14.2. The van der Waals surface area contributed by atoms with Crippen LogP contribution in [0.25, 0.3) is 0 Å². The first-order valence-corrected chi connectivity index (χ1v) is 7.98. The van der Waals surface area contributed by atoms with Crippen molar-refractivity contribution in [2.45, 2.75) is 72.7 Å². The molecule has 1 heterocycles. The van der Waals surface area contributed by atoms with E-state index in [1.165, 1.54) is 6.92 Å². The van der Waals surface area contributed by atoms with Crippen LogP contribution in [0.5, 0.6) is 0 Å². The van der Waals surface area contributed by atoms with Crippen LogP contribution in [0.15, 0.2) is 14.4 Å². The Labute approximate surface area is 134 Å². The van der Waals surface area contributed by atoms with Crippen molar-refractivity contribution >= 4 is 5.97 Å². The standard InChI is InChI=1S/C15H25N3O5/c1-5-8-16-13(20)17(9-6-2)15(22)18(14(16)21)10-12(7-3)23-11(4)19/h12H,5-10H2,1-4H3. The van der Waals surface area contributed by atoms with Crippen molar-refractivity contribution in [3.63, 3.8) is 0 Å². The Kier molecular flexibility index (Phi) is 6.99. The normalized spacial score (nSPS) is 12.2. The molecule has 0 aliphatic heterocycles. The van der Waals surface area contributed by atoms with Gasteiger partial charge in [-0.15, -0.1) is 0 Å². The molecule has 1 aromatic heterocycles. The number of rotatable bonds is 8. The Morgan fingerprint density at radius 3 is 1.70 bits per heavy atom. The van der Waals surface area contributed by atoms with Gasteiger partial charge in [-0.1, -0.05) is 20.8 Å². The molecule has 0 radical (unpaired) electrons. The second kappa shape index (κ2) is 8.50. The van der Waals surface area contributed by atoms with E-state index >= 15 is 0 Å². The highest BCUT2D eigenvalue weighted by Gasteiger charge is 2.18. The molecule has 0 saturated carbocycles. The summed E-state index contributed by atoms with van der Waals surface area (Å²) in [5.41, 5.74) is -1.89. The maximum absolute atomic E-state index is 12.5. The summed E-state index contributed by atoms with van der Waals surface area (Å²) in [7, 11) is 0. The summed E-state index contributed by atoms with van der Waals surface area (Å²) >= 11 is 0. The van der Waals surface area contributed by atoms with Crippen molar-refractivity contribution in [3.05, 3.63) is 31.5 Å². The van der Waals surface area contributed by atoms with Gasteiger partial charge >= 0.3 is 23.0 Å². The van der Waals surface area contributed by atoms with Crippen LogP contribution in [-0.4, -0.2) is 25.8 Å². The minimum absolute atomic E-state index is 0.0541. The van der Waals surface area contributed by atoms with E-state index in [0.29, 0.717) is 19.3 Å². The molecule has 0 aliphatic rings. The summed E-state index contributed by atoms with van der Waals surface area (Å²) in [4.78, 5) is 48.4. The van der Waals surface area contributed by atoms with Crippen LogP contribution in [0.2, 0.25) is 0 Å². The molecule has 0 saturated heterocycles. The molecule has 23 heavy (non-hydrogen) atoms. The van der Waals surface area contributed by atoms with Gasteiger partial charge in [0.05, 0.1) is 6.54 Å². The molecule has 130 valence electrons. The molecular weight excluding hydrogens is 302 g/mol. The third-order valence-corrected chi connectivity index (χ3v) is 3.45. The van der Waals surface area contributed by atoms with Gasteiger partial charge in [-0.25, -0.2) is 28.1 Å². The fourth-order valence-corrected chi connectivity index (χ4v) is 2.36. The highest BCUT2D eigenvalue weighted by molar-refractivity contribution is 5.66. The van der Waals surface area contributed by atoms with Gasteiger partial charge in [-0.05, 0) is 19.3 Å². The van der Waals surface area contributed by atoms with Crippen LogP contribution in [0.1, 0.15) is 47.0 Å². The van der Waals surface area contributed by atoms with Crippen molar-refractivity contribution in [1.82, 2.24) is 13.7 Å². The average Bonchev–Trinajstić information content (AvgIpc) is 2.50. The first-order valence-electron chi connectivity index (χ1n) is 7.98. The van der Waals surface area contributed by atoms with Crippen LogP contribution in [0.4, 0.5) is 0 Å². The number of carbonyl (C=O) groups is 1. The Balaban J connectivity index is 3.46. The van der Waals surface area contributed by atoms with Crippen molar-refractivity contribution in [3.8, 4) is 0 Å². The molecule has 0 spiro atoms. The fourth-order valence-electron chi connectivity index (χ4n) is 2.36. The lowest BCUT2D eigenvalue weighted by Crippen LogP contribution is -2.55. The van der Waals surface area contributed by atoms with Gasteiger partial charge in [-0.3, -0.25) is 4.79 Å². The lowest BCUT2D eigenvalue weighted by atomic mass is 10.3. The Morgan fingerprint density at radius 2 is 1.35 bits per heavy atom. The van der Waals surface area contributed by atoms with Crippen LogP contribution in [0.3, 0.4) is 0 Å². The van der Waals surface area contributed by atoms with Gasteiger partial charge < -0.3 is 4.74 Å². The molecule has 0 N–H and O–H groups in total. The first kappa shape index (κ1) is 18.9. The molecule has 1 aromatic rings. The van der Waals surface area contributed by atoms with Gasteiger partial charge in [-0.2, -0.15) is 0 Å². The molecule has 1 rings (SSSR count). The third kappa shape index (κ3) is 4.43. The highest BCUT2D eigenvalue weighted by Crippen LogP contribution is 2.00. The number of hydrogen-bond donors (Lipinski definition) is 0. The van der Waals surface area contributed by atoms with Gasteiger partial charge in [0.1, 0.15) is 6.10 Å². The summed E-state index contributed by atoms with van der Waals surface area (Å²) in [5.74, 6) is -0.472. The number of nitrogens with zero attached hydrogens (tertiary/aromatic N) is 3. The van der Waals surface area contributed by atoms with Crippen LogP contribution in [-0.2, 0) is 29.2 Å². The minimum Gasteiger partial charge on any atom is -0.461 e. The van der Waals surface area contributed by atoms with Gasteiger partial charge in [0.2, 0.25) is 0 Å². The zero-order chi connectivity index (χ0) is 17.6. The average molecular weight is 327 g/mol. The monoisotopic (exact) mass is 327 g/mol. The molecule has 8 heteroatoms. The van der Waals surface area contributed by atoms with Crippen molar-refractivity contribution < 1.29 is 9.53 Å². The molecule has 0 fully saturated rings. The molecule has 0 bridgehead atoms. The predicted octanol–water partition coefficient (Wildman–Crippen LogP) is 0.333. The largest absolute Gasteiger partial charge is 0.461 e. The molecule has 8 nitrogen and oxygen atoms in total. The van der Waals surface area contributed by atoms with E-state index in [4.69, 9.17) is 4.74 Å². The number of hydrogen-bond acceptors (Lipinski definition) is 5. The Bertz CT molecular complexity index is 669. The summed E-state index contributed by atoms with van der Waals surface area (Å²) in [6, 6.07) is 0. The molecular formula is C15H25N3O5. The van der Waals surface area contributed by atoms with E-state index in [-0.39, 0.29) is 19.6 Å². The molecule has 0 aromatic carbocycles. The van der Waals surface area contributed by atoms with Crippen LogP contribution < -0.4 is 17.1 Å². The lowest BCUT2D eigenvalue weighted by molar-refractivity contribution is -0.147. The van der Waals surface area contributed by atoms with E-state index < -0.39 is 29.1 Å². The second-order valence-electron chi connectivity index (χ2n) is 5.40. The number of carbonyl (C=O) groups excluding carboxylic acids is 1. The van der Waals surface area contributed by atoms with E-state index in [0.717, 1.165) is 13.7 Å². The topological polar surface area (TPSA) is 92.3 Å². The number of ether oxygens (including phenoxy) is 1. The smallest absolute Gasteiger partial charge is 0.336 e. The van der Waals surface area contributed by atoms with E-state index in [1.54, 1.807) is 6.92 Å². The summed E-state index contributed by atoms with van der Waals surface area (Å²) in [6.07, 6.45) is 1.08. The maximum Gasteiger partial charge on any atom is 0.336 e. The van der Waals surface area contributed by atoms with Crippen molar-refractivity contribution in [2.24, 2.45) is 0 Å². The van der Waals surface area contributed by atoms with E-state index in [1.807, 2.05) is 13.8 Å². The van der Waals surface area contributed by atoms with Gasteiger partial charge in [0.15, 0.2) is 0 Å². The van der Waals surface area contributed by atoms with Crippen molar-refractivity contribution in [2.75, 3.05) is 0 Å². The summed E-state index contributed by atoms with van der Waals surface area (Å²) < 4.78 is 8.23. The van der Waals surface area contributed by atoms with Gasteiger partial charge in [0.25, 0.3) is 0 Å². The summed E-state index contributed by atoms with van der Waals surface area (Å²) in [6.45, 7) is 7.20. The predicted molar refractivity (Wildman–Crippen MR) is 85.6 cm³/mol. The minimum atomic E-state index is -0.653. The van der Waals surface area contributed by atoms with E-state index in [9.17, 15) is 19.2 Å². The van der Waals surface area contributed by atoms with Crippen molar-refractivity contribution in [1.29, 1.82) is 0 Å². The Morgan fingerprint density at radius 1 is 0.913 bits per heavy atom. The zero-order valence-electron chi connectivity index (χ0n) is 14.2. The van der Waals surface area contributed by atoms with Crippen LogP contribution in [0, 0.1) is 0 Å².